The number of carbonyl (C=O) groups is 1. The highest BCUT2D eigenvalue weighted by molar-refractivity contribution is 7.91. The van der Waals surface area contributed by atoms with E-state index in [9.17, 15) is 31.2 Å². The summed E-state index contributed by atoms with van der Waals surface area (Å²) >= 11 is 0. The molecule has 0 radical (unpaired) electrons. The third-order valence-electron chi connectivity index (χ3n) is 5.11. The standard InChI is InChI=1S/C18H21F3N4O4S/c1-23-16(18(19,20)21)22-25(17(23)27)13-7-10-24(11-8-13)15(26)9-12-30(28,29)14-5-3-2-4-6-14/h2-6,13H,7-12H2,1H3. The average molecular weight is 446 g/mol. The van der Waals surface area contributed by atoms with E-state index >= 15 is 0 Å². The molecule has 1 aromatic heterocycles. The van der Waals surface area contributed by atoms with Crippen LogP contribution >= 0.6 is 0 Å². The van der Waals surface area contributed by atoms with Gasteiger partial charge in [-0.15, -0.1) is 5.10 Å². The fourth-order valence-electron chi connectivity index (χ4n) is 3.43. The molecule has 164 valence electrons. The highest BCUT2D eigenvalue weighted by atomic mass is 32.2. The van der Waals surface area contributed by atoms with Crippen LogP contribution in [0.25, 0.3) is 0 Å². The quantitative estimate of drug-likeness (QED) is 0.696. The van der Waals surface area contributed by atoms with Crippen molar-refractivity contribution < 1.29 is 26.4 Å². The maximum atomic E-state index is 12.9. The first-order valence-corrected chi connectivity index (χ1v) is 10.9. The lowest BCUT2D eigenvalue weighted by Crippen LogP contribution is -2.41. The van der Waals surface area contributed by atoms with Crippen molar-refractivity contribution in [2.75, 3.05) is 18.8 Å². The number of aromatic nitrogens is 3. The first-order chi connectivity index (χ1) is 14.0. The Morgan fingerprint density at radius 3 is 2.30 bits per heavy atom. The number of amides is 1. The van der Waals surface area contributed by atoms with Crippen molar-refractivity contribution in [2.24, 2.45) is 7.05 Å². The number of sulfone groups is 1. The molecule has 2 heterocycles. The number of hydrogen-bond acceptors (Lipinski definition) is 5. The van der Waals surface area contributed by atoms with Crippen LogP contribution in [-0.2, 0) is 27.9 Å². The Bertz CT molecular complexity index is 1070. The number of alkyl halides is 3. The van der Waals surface area contributed by atoms with Gasteiger partial charge in [0.1, 0.15) is 0 Å². The zero-order chi connectivity index (χ0) is 22.1. The molecule has 1 fully saturated rings. The van der Waals surface area contributed by atoms with Gasteiger partial charge in [0.2, 0.25) is 11.7 Å². The molecule has 1 aliphatic rings. The molecule has 1 aliphatic heterocycles. The van der Waals surface area contributed by atoms with E-state index in [1.165, 1.54) is 17.0 Å². The molecule has 1 aromatic carbocycles. The molecule has 3 rings (SSSR count). The molecule has 0 saturated carbocycles. The summed E-state index contributed by atoms with van der Waals surface area (Å²) in [6.45, 7) is 0.415. The molecule has 0 N–H and O–H groups in total. The maximum Gasteiger partial charge on any atom is 0.451 e. The molecule has 12 heteroatoms. The Labute approximate surface area is 170 Å². The van der Waals surface area contributed by atoms with Crippen molar-refractivity contribution in [2.45, 2.75) is 36.4 Å². The molecule has 2 aromatic rings. The van der Waals surface area contributed by atoms with E-state index in [1.807, 2.05) is 0 Å². The van der Waals surface area contributed by atoms with Crippen LogP contribution in [0.15, 0.2) is 40.0 Å². The molecule has 1 saturated heterocycles. The predicted molar refractivity (Wildman–Crippen MR) is 100 cm³/mol. The van der Waals surface area contributed by atoms with Crippen molar-refractivity contribution in [1.29, 1.82) is 0 Å². The van der Waals surface area contributed by atoms with Crippen LogP contribution in [0.2, 0.25) is 0 Å². The average Bonchev–Trinajstić information content (AvgIpc) is 3.02. The summed E-state index contributed by atoms with van der Waals surface area (Å²) in [5.41, 5.74) is -0.860. The Morgan fingerprint density at radius 1 is 1.17 bits per heavy atom. The lowest BCUT2D eigenvalue weighted by atomic mass is 10.1. The molecule has 0 unspecified atom stereocenters. The number of rotatable bonds is 5. The zero-order valence-corrected chi connectivity index (χ0v) is 17.0. The van der Waals surface area contributed by atoms with Gasteiger partial charge in [0.25, 0.3) is 0 Å². The van der Waals surface area contributed by atoms with Crippen LogP contribution in [0.5, 0.6) is 0 Å². The Hall–Kier alpha value is -2.63. The van der Waals surface area contributed by atoms with Gasteiger partial charge in [-0.2, -0.15) is 13.2 Å². The monoisotopic (exact) mass is 446 g/mol. The lowest BCUT2D eigenvalue weighted by Gasteiger charge is -2.31. The number of nitrogens with zero attached hydrogens (tertiary/aromatic N) is 4. The van der Waals surface area contributed by atoms with E-state index in [0.29, 0.717) is 4.57 Å². The van der Waals surface area contributed by atoms with E-state index in [4.69, 9.17) is 0 Å². The highest BCUT2D eigenvalue weighted by Crippen LogP contribution is 2.28. The second-order valence-electron chi connectivity index (χ2n) is 7.10. The molecule has 0 atom stereocenters. The summed E-state index contributed by atoms with van der Waals surface area (Å²) in [6.07, 6.45) is -4.42. The minimum atomic E-state index is -4.74. The summed E-state index contributed by atoms with van der Waals surface area (Å²) in [4.78, 5) is 26.1. The molecule has 30 heavy (non-hydrogen) atoms. The number of piperidine rings is 1. The number of hydrogen-bond donors (Lipinski definition) is 0. The van der Waals surface area contributed by atoms with Crippen LogP contribution < -0.4 is 5.69 Å². The van der Waals surface area contributed by atoms with Gasteiger partial charge in [0.05, 0.1) is 16.7 Å². The zero-order valence-electron chi connectivity index (χ0n) is 16.2. The molecular weight excluding hydrogens is 425 g/mol. The van der Waals surface area contributed by atoms with E-state index in [-0.39, 0.29) is 48.9 Å². The number of halogens is 3. The van der Waals surface area contributed by atoms with Gasteiger partial charge in [-0.1, -0.05) is 18.2 Å². The van der Waals surface area contributed by atoms with Crippen molar-refractivity contribution in [1.82, 2.24) is 19.2 Å². The van der Waals surface area contributed by atoms with Gasteiger partial charge in [-0.05, 0) is 25.0 Å². The molecule has 0 aliphatic carbocycles. The highest BCUT2D eigenvalue weighted by Gasteiger charge is 2.39. The molecule has 0 bridgehead atoms. The van der Waals surface area contributed by atoms with E-state index in [0.717, 1.165) is 11.7 Å². The van der Waals surface area contributed by atoms with Gasteiger partial charge in [0, 0.05) is 26.6 Å². The van der Waals surface area contributed by atoms with Crippen LogP contribution in [0.4, 0.5) is 13.2 Å². The summed E-state index contributed by atoms with van der Waals surface area (Å²) in [5, 5.41) is 3.44. The van der Waals surface area contributed by atoms with Gasteiger partial charge in [-0.3, -0.25) is 9.36 Å². The minimum absolute atomic E-state index is 0.145. The number of likely N-dealkylation sites (tertiary alicyclic amines) is 1. The third kappa shape index (κ3) is 4.58. The molecular formula is C18H21F3N4O4S. The Kier molecular flexibility index (Phi) is 6.06. The van der Waals surface area contributed by atoms with Crippen LogP contribution in [0, 0.1) is 0 Å². The van der Waals surface area contributed by atoms with Crippen LogP contribution in [0.1, 0.15) is 31.1 Å². The van der Waals surface area contributed by atoms with Crippen molar-refractivity contribution in [3.8, 4) is 0 Å². The SMILES string of the molecule is Cn1c(C(F)(F)F)nn(C2CCN(C(=O)CCS(=O)(=O)c3ccccc3)CC2)c1=O. The lowest BCUT2D eigenvalue weighted by molar-refractivity contribution is -0.147. The topological polar surface area (TPSA) is 94.3 Å². The van der Waals surface area contributed by atoms with E-state index in [1.54, 1.807) is 18.2 Å². The summed E-state index contributed by atoms with van der Waals surface area (Å²) in [7, 11) is -2.57. The summed E-state index contributed by atoms with van der Waals surface area (Å²) in [6, 6.07) is 7.26. The molecule has 0 spiro atoms. The smallest absolute Gasteiger partial charge is 0.343 e. The molecule has 8 nitrogen and oxygen atoms in total. The second-order valence-corrected chi connectivity index (χ2v) is 9.21. The molecule has 1 amide bonds. The predicted octanol–water partition coefficient (Wildman–Crippen LogP) is 1.63. The minimum Gasteiger partial charge on any atom is -0.343 e. The fourth-order valence-corrected chi connectivity index (χ4v) is 4.68. The van der Waals surface area contributed by atoms with Crippen LogP contribution in [-0.4, -0.2) is 52.4 Å². The van der Waals surface area contributed by atoms with E-state index < -0.39 is 33.6 Å². The summed E-state index contributed by atoms with van der Waals surface area (Å²) < 4.78 is 64.7. The number of benzene rings is 1. The van der Waals surface area contributed by atoms with Gasteiger partial charge in [0.15, 0.2) is 9.84 Å². The Balaban J connectivity index is 1.60. The van der Waals surface area contributed by atoms with Crippen LogP contribution in [0.3, 0.4) is 0 Å². The van der Waals surface area contributed by atoms with E-state index in [2.05, 4.69) is 5.10 Å². The van der Waals surface area contributed by atoms with Gasteiger partial charge >= 0.3 is 11.9 Å². The third-order valence-corrected chi connectivity index (χ3v) is 6.84. The van der Waals surface area contributed by atoms with Crippen molar-refractivity contribution in [3.05, 3.63) is 46.6 Å². The fraction of sp³-hybridized carbons (Fsp3) is 0.500. The van der Waals surface area contributed by atoms with Crippen molar-refractivity contribution in [3.63, 3.8) is 0 Å². The Morgan fingerprint density at radius 2 is 1.77 bits per heavy atom. The largest absolute Gasteiger partial charge is 0.451 e. The maximum absolute atomic E-state index is 12.9. The normalized spacial score (nSPS) is 16.1. The first-order valence-electron chi connectivity index (χ1n) is 9.29. The van der Waals surface area contributed by atoms with Gasteiger partial charge < -0.3 is 4.90 Å². The number of carbonyl (C=O) groups excluding carboxylic acids is 1. The van der Waals surface area contributed by atoms with Crippen molar-refractivity contribution >= 4 is 15.7 Å². The second kappa shape index (κ2) is 8.25. The summed E-state index contributed by atoms with van der Waals surface area (Å²) in [5.74, 6) is -1.95. The van der Waals surface area contributed by atoms with Gasteiger partial charge in [-0.25, -0.2) is 17.9 Å². The first kappa shape index (κ1) is 22.1.